The van der Waals surface area contributed by atoms with Crippen LogP contribution in [-0.4, -0.2) is 19.4 Å². The number of nitrogens with zero attached hydrogens (tertiary/aromatic N) is 1. The third-order valence-corrected chi connectivity index (χ3v) is 2.86. The first kappa shape index (κ1) is 10.2. The van der Waals surface area contributed by atoms with E-state index in [2.05, 4.69) is 17.1 Å². The number of hydrogen-bond acceptors (Lipinski definition) is 2. The van der Waals surface area contributed by atoms with Gasteiger partial charge in [0.2, 0.25) is 0 Å². The van der Waals surface area contributed by atoms with Crippen molar-refractivity contribution in [3.63, 3.8) is 0 Å². The Morgan fingerprint density at radius 1 is 1.33 bits per heavy atom. The van der Waals surface area contributed by atoms with E-state index in [0.29, 0.717) is 10.6 Å². The topological polar surface area (TPSA) is 20.3 Å². The zero-order chi connectivity index (χ0) is 10.7. The third kappa shape index (κ3) is 2.21. The van der Waals surface area contributed by atoms with Gasteiger partial charge in [0.1, 0.15) is 0 Å². The van der Waals surface area contributed by atoms with E-state index in [1.165, 1.54) is 0 Å². The molecule has 0 aromatic heterocycles. The lowest BCUT2D eigenvalue weighted by molar-refractivity contribution is 0.112. The number of hydrogen-bond donors (Lipinski definition) is 0. The van der Waals surface area contributed by atoms with Crippen LogP contribution in [-0.2, 0) is 0 Å². The average Bonchev–Trinajstić information content (AvgIpc) is 2.30. The molecule has 2 nitrogen and oxygen atoms in total. The number of carbonyl (C=O) groups is 1. The summed E-state index contributed by atoms with van der Waals surface area (Å²) in [7, 11) is 0. The molecule has 0 saturated carbocycles. The lowest BCUT2D eigenvalue weighted by Crippen LogP contribution is -2.26. The Morgan fingerprint density at radius 3 is 2.80 bits per heavy atom. The molecule has 1 heterocycles. The van der Waals surface area contributed by atoms with Crippen molar-refractivity contribution < 1.29 is 4.79 Å². The van der Waals surface area contributed by atoms with Crippen LogP contribution >= 0.6 is 11.6 Å². The highest BCUT2D eigenvalue weighted by atomic mass is 35.5. The van der Waals surface area contributed by atoms with Crippen LogP contribution in [0.2, 0.25) is 5.02 Å². The Kier molecular flexibility index (Phi) is 3.07. The van der Waals surface area contributed by atoms with Crippen LogP contribution in [0.5, 0.6) is 0 Å². The minimum atomic E-state index is 0.525. The van der Waals surface area contributed by atoms with Crippen LogP contribution in [0.1, 0.15) is 16.8 Å². The number of rotatable bonds is 2. The van der Waals surface area contributed by atoms with Crippen LogP contribution < -0.4 is 4.90 Å². The summed E-state index contributed by atoms with van der Waals surface area (Å²) in [6.45, 7) is 1.92. The Morgan fingerprint density at radius 2 is 2.20 bits per heavy atom. The molecule has 0 bridgehead atoms. The summed E-state index contributed by atoms with van der Waals surface area (Å²) in [5.74, 6) is 0. The summed E-state index contributed by atoms with van der Waals surface area (Å²) < 4.78 is 0. The Balaban J connectivity index is 2.25. The predicted molar refractivity (Wildman–Crippen MR) is 62.8 cm³/mol. The Hall–Kier alpha value is -1.28. The molecule has 0 aliphatic carbocycles. The van der Waals surface area contributed by atoms with Crippen LogP contribution in [0, 0.1) is 0 Å². The molecule has 0 fully saturated rings. The molecule has 0 unspecified atom stereocenters. The summed E-state index contributed by atoms with van der Waals surface area (Å²) >= 11 is 5.97. The van der Waals surface area contributed by atoms with E-state index >= 15 is 0 Å². The lowest BCUT2D eigenvalue weighted by Gasteiger charge is -2.25. The number of anilines is 1. The molecular weight excluding hydrogens is 210 g/mol. The van der Waals surface area contributed by atoms with Gasteiger partial charge in [0, 0.05) is 24.3 Å². The number of benzene rings is 1. The van der Waals surface area contributed by atoms with Crippen LogP contribution in [0.15, 0.2) is 30.4 Å². The second-order valence-corrected chi connectivity index (χ2v) is 3.94. The van der Waals surface area contributed by atoms with Crippen molar-refractivity contribution in [2.24, 2.45) is 0 Å². The van der Waals surface area contributed by atoms with Crippen molar-refractivity contribution in [1.82, 2.24) is 0 Å². The molecule has 1 aliphatic heterocycles. The number of aldehydes is 1. The minimum Gasteiger partial charge on any atom is -0.367 e. The first-order chi connectivity index (χ1) is 7.31. The first-order valence-corrected chi connectivity index (χ1v) is 5.34. The second-order valence-electron chi connectivity index (χ2n) is 3.53. The molecule has 0 atom stereocenters. The van der Waals surface area contributed by atoms with Gasteiger partial charge in [-0.3, -0.25) is 4.79 Å². The predicted octanol–water partition coefficient (Wildman–Crippen LogP) is 2.92. The Labute approximate surface area is 94.2 Å². The van der Waals surface area contributed by atoms with Gasteiger partial charge in [0.25, 0.3) is 0 Å². The molecule has 1 aromatic carbocycles. The van der Waals surface area contributed by atoms with E-state index < -0.39 is 0 Å². The van der Waals surface area contributed by atoms with Gasteiger partial charge in [-0.25, -0.2) is 0 Å². The fourth-order valence-corrected chi connectivity index (χ4v) is 1.90. The monoisotopic (exact) mass is 221 g/mol. The Bertz CT molecular complexity index is 401. The van der Waals surface area contributed by atoms with Crippen molar-refractivity contribution >= 4 is 23.6 Å². The molecule has 0 saturated heterocycles. The molecule has 0 radical (unpaired) electrons. The van der Waals surface area contributed by atoms with Gasteiger partial charge in [-0.05, 0) is 24.6 Å². The van der Waals surface area contributed by atoms with Crippen LogP contribution in [0.25, 0.3) is 0 Å². The SMILES string of the molecule is O=Cc1ccc(N2CC=CCC2)cc1Cl. The van der Waals surface area contributed by atoms with Crippen LogP contribution in [0.3, 0.4) is 0 Å². The third-order valence-electron chi connectivity index (χ3n) is 2.53. The minimum absolute atomic E-state index is 0.525. The van der Waals surface area contributed by atoms with E-state index in [0.717, 1.165) is 31.5 Å². The molecular formula is C12H12ClNO. The maximum Gasteiger partial charge on any atom is 0.151 e. The number of carbonyl (C=O) groups excluding carboxylic acids is 1. The lowest BCUT2D eigenvalue weighted by atomic mass is 10.1. The zero-order valence-electron chi connectivity index (χ0n) is 8.32. The fraction of sp³-hybridized carbons (Fsp3) is 0.250. The molecule has 2 rings (SSSR count). The molecule has 0 amide bonds. The van der Waals surface area contributed by atoms with Crippen LogP contribution in [0.4, 0.5) is 5.69 Å². The van der Waals surface area contributed by atoms with E-state index in [4.69, 9.17) is 11.6 Å². The maximum absolute atomic E-state index is 10.6. The molecule has 1 aromatic rings. The fourth-order valence-electron chi connectivity index (χ4n) is 1.68. The zero-order valence-corrected chi connectivity index (χ0v) is 9.07. The highest BCUT2D eigenvalue weighted by Crippen LogP contribution is 2.23. The highest BCUT2D eigenvalue weighted by Gasteiger charge is 2.08. The summed E-state index contributed by atoms with van der Waals surface area (Å²) in [6.07, 6.45) is 6.16. The van der Waals surface area contributed by atoms with Gasteiger partial charge >= 0.3 is 0 Å². The van der Waals surface area contributed by atoms with E-state index in [1.807, 2.05) is 12.1 Å². The van der Waals surface area contributed by atoms with Gasteiger partial charge in [-0.15, -0.1) is 0 Å². The van der Waals surface area contributed by atoms with Gasteiger partial charge < -0.3 is 4.90 Å². The summed E-state index contributed by atoms with van der Waals surface area (Å²) in [5, 5.41) is 0.525. The molecule has 78 valence electrons. The molecule has 1 aliphatic rings. The summed E-state index contributed by atoms with van der Waals surface area (Å²) in [6, 6.07) is 5.56. The highest BCUT2D eigenvalue weighted by molar-refractivity contribution is 6.33. The standard InChI is InChI=1S/C12H12ClNO/c13-12-8-11(5-4-10(12)9-15)14-6-2-1-3-7-14/h1-2,4-5,8-9H,3,6-7H2. The van der Waals surface area contributed by atoms with Crippen molar-refractivity contribution in [2.75, 3.05) is 18.0 Å². The molecule has 0 spiro atoms. The van der Waals surface area contributed by atoms with E-state index in [9.17, 15) is 4.79 Å². The molecule has 15 heavy (non-hydrogen) atoms. The average molecular weight is 222 g/mol. The normalized spacial score (nSPS) is 15.4. The second kappa shape index (κ2) is 4.49. The van der Waals surface area contributed by atoms with Crippen molar-refractivity contribution in [2.45, 2.75) is 6.42 Å². The van der Waals surface area contributed by atoms with Crippen molar-refractivity contribution in [3.05, 3.63) is 40.9 Å². The van der Waals surface area contributed by atoms with Crippen molar-refractivity contribution in [1.29, 1.82) is 0 Å². The van der Waals surface area contributed by atoms with Gasteiger partial charge in [0.05, 0.1) is 5.02 Å². The van der Waals surface area contributed by atoms with Gasteiger partial charge in [-0.2, -0.15) is 0 Å². The largest absolute Gasteiger partial charge is 0.367 e. The first-order valence-electron chi connectivity index (χ1n) is 4.96. The van der Waals surface area contributed by atoms with Gasteiger partial charge in [-0.1, -0.05) is 23.8 Å². The summed E-state index contributed by atoms with van der Waals surface area (Å²) in [5.41, 5.74) is 1.63. The molecule has 0 N–H and O–H groups in total. The van der Waals surface area contributed by atoms with Gasteiger partial charge in [0.15, 0.2) is 6.29 Å². The van der Waals surface area contributed by atoms with Crippen molar-refractivity contribution in [3.8, 4) is 0 Å². The van der Waals surface area contributed by atoms with E-state index in [-0.39, 0.29) is 0 Å². The quantitative estimate of drug-likeness (QED) is 0.565. The number of halogens is 1. The maximum atomic E-state index is 10.6. The van der Waals surface area contributed by atoms with E-state index in [1.54, 1.807) is 6.07 Å². The summed E-state index contributed by atoms with van der Waals surface area (Å²) in [4.78, 5) is 12.8. The molecule has 3 heteroatoms. The smallest absolute Gasteiger partial charge is 0.151 e.